The second-order valence-electron chi connectivity index (χ2n) is 8.43. The summed E-state index contributed by atoms with van der Waals surface area (Å²) in [6, 6.07) is 11.5. The summed E-state index contributed by atoms with van der Waals surface area (Å²) in [7, 11) is -3.75. The number of benzene rings is 2. The van der Waals surface area contributed by atoms with Crippen molar-refractivity contribution in [3.63, 3.8) is 0 Å². The Bertz CT molecular complexity index is 1420. The van der Waals surface area contributed by atoms with Crippen molar-refractivity contribution in [3.05, 3.63) is 88.0 Å². The first-order valence-corrected chi connectivity index (χ1v) is 12.7. The molecule has 1 aliphatic rings. The second-order valence-corrected chi connectivity index (χ2v) is 10.4. The maximum atomic E-state index is 14.7. The summed E-state index contributed by atoms with van der Waals surface area (Å²) in [5.74, 6) is -1.26. The van der Waals surface area contributed by atoms with E-state index in [2.05, 4.69) is 4.98 Å². The van der Waals surface area contributed by atoms with Gasteiger partial charge in [-0.25, -0.2) is 12.8 Å². The summed E-state index contributed by atoms with van der Waals surface area (Å²) in [6.45, 7) is 2.20. The second kappa shape index (κ2) is 9.46. The van der Waals surface area contributed by atoms with Gasteiger partial charge in [0.2, 0.25) is 0 Å². The zero-order valence-electron chi connectivity index (χ0n) is 19.2. The minimum Gasteiger partial charge on any atom is -0.491 e. The monoisotopic (exact) mass is 497 g/mol. The highest BCUT2D eigenvalue weighted by Crippen LogP contribution is 2.28. The van der Waals surface area contributed by atoms with Gasteiger partial charge in [0, 0.05) is 30.1 Å². The van der Waals surface area contributed by atoms with Crippen LogP contribution in [0.15, 0.2) is 53.6 Å². The molecule has 10 heteroatoms. The highest BCUT2D eigenvalue weighted by Gasteiger charge is 2.26. The van der Waals surface area contributed by atoms with E-state index < -0.39 is 32.4 Å². The highest BCUT2D eigenvalue weighted by atomic mass is 32.2. The number of aromatic nitrogens is 1. The number of fused-ring (bicyclic) bond motifs is 1. The number of hydrogen-bond acceptors (Lipinski definition) is 6. The molecule has 1 aliphatic heterocycles. The first-order chi connectivity index (χ1) is 16.5. The largest absolute Gasteiger partial charge is 0.491 e. The Labute approximate surface area is 202 Å². The van der Waals surface area contributed by atoms with E-state index in [1.165, 1.54) is 13.0 Å². The van der Waals surface area contributed by atoms with Crippen LogP contribution >= 0.6 is 0 Å². The average Bonchev–Trinajstić information content (AvgIpc) is 3.02. The van der Waals surface area contributed by atoms with Gasteiger partial charge in [-0.05, 0) is 60.4 Å². The Kier molecular flexibility index (Phi) is 6.58. The van der Waals surface area contributed by atoms with Gasteiger partial charge in [0.05, 0.1) is 6.54 Å². The molecule has 0 saturated heterocycles. The van der Waals surface area contributed by atoms with Crippen molar-refractivity contribution < 1.29 is 27.1 Å². The van der Waals surface area contributed by atoms with Gasteiger partial charge in [0.15, 0.2) is 9.84 Å². The Morgan fingerprint density at radius 3 is 2.54 bits per heavy atom. The van der Waals surface area contributed by atoms with Crippen molar-refractivity contribution in [2.45, 2.75) is 24.8 Å². The smallest absolute Gasteiger partial charge is 0.267 e. The number of rotatable bonds is 5. The van der Waals surface area contributed by atoms with Gasteiger partial charge in [-0.15, -0.1) is 0 Å². The molecule has 0 spiro atoms. The number of ether oxygens (including phenoxy) is 1. The molecule has 0 unspecified atom stereocenters. The third-order valence-electron chi connectivity index (χ3n) is 5.86. The number of amides is 2. The number of nitrogens with zero attached hydrogens (tertiary/aromatic N) is 2. The molecule has 0 fully saturated rings. The van der Waals surface area contributed by atoms with Crippen LogP contribution in [-0.4, -0.2) is 49.5 Å². The number of nitrogens with two attached hydrogens (primary N) is 1. The number of carbonyl (C=O) groups is 2. The lowest BCUT2D eigenvalue weighted by Gasteiger charge is -2.21. The van der Waals surface area contributed by atoms with E-state index in [1.807, 2.05) is 18.2 Å². The molecule has 2 heterocycles. The highest BCUT2D eigenvalue weighted by molar-refractivity contribution is 7.90. The average molecular weight is 498 g/mol. The van der Waals surface area contributed by atoms with Gasteiger partial charge in [-0.3, -0.25) is 14.6 Å². The van der Waals surface area contributed by atoms with E-state index in [0.29, 0.717) is 12.2 Å². The van der Waals surface area contributed by atoms with E-state index in [9.17, 15) is 22.4 Å². The molecule has 3 aromatic rings. The molecule has 182 valence electrons. The van der Waals surface area contributed by atoms with Crippen LogP contribution in [-0.2, 0) is 22.8 Å². The van der Waals surface area contributed by atoms with Gasteiger partial charge in [-0.1, -0.05) is 12.1 Å². The molecule has 8 nitrogen and oxygen atoms in total. The molecular weight excluding hydrogens is 473 g/mol. The third kappa shape index (κ3) is 5.17. The molecule has 2 N–H and O–H groups in total. The standard InChI is InChI=1S/C25H24FN3O5S/c1-15-19(5-8-22(23(15)26)35(2,32)33)25(31)29-9-10-34-21-7-4-16(12-18(21)14-29)11-17-3-6-20(24(27)30)28-13-17/h3-8,12-13H,9-11,14H2,1-2H3,(H2,27,30). The van der Waals surface area contributed by atoms with Crippen molar-refractivity contribution in [2.24, 2.45) is 5.73 Å². The zero-order chi connectivity index (χ0) is 25.3. The summed E-state index contributed by atoms with van der Waals surface area (Å²) in [5.41, 5.74) is 8.15. The summed E-state index contributed by atoms with van der Waals surface area (Å²) in [5, 5.41) is 0. The Balaban J connectivity index is 1.58. The third-order valence-corrected chi connectivity index (χ3v) is 6.97. The van der Waals surface area contributed by atoms with Gasteiger partial charge < -0.3 is 15.4 Å². The molecule has 2 amide bonds. The molecule has 0 saturated carbocycles. The quantitative estimate of drug-likeness (QED) is 0.579. The summed E-state index contributed by atoms with van der Waals surface area (Å²) in [4.78, 5) is 29.7. The van der Waals surface area contributed by atoms with Crippen molar-refractivity contribution in [1.82, 2.24) is 9.88 Å². The minimum atomic E-state index is -3.75. The number of hydrogen-bond donors (Lipinski definition) is 1. The fourth-order valence-corrected chi connectivity index (χ4v) is 4.78. The number of halogens is 1. The van der Waals surface area contributed by atoms with Gasteiger partial charge >= 0.3 is 0 Å². The van der Waals surface area contributed by atoms with Crippen LogP contribution in [0.3, 0.4) is 0 Å². The number of sulfone groups is 1. The Hall–Kier alpha value is -3.79. The van der Waals surface area contributed by atoms with E-state index in [-0.39, 0.29) is 36.5 Å². The number of primary amides is 1. The topological polar surface area (TPSA) is 120 Å². The number of pyridine rings is 1. The van der Waals surface area contributed by atoms with E-state index in [1.54, 1.807) is 23.2 Å². The van der Waals surface area contributed by atoms with Crippen LogP contribution in [0.2, 0.25) is 0 Å². The molecule has 1 aromatic heterocycles. The zero-order valence-corrected chi connectivity index (χ0v) is 20.1. The van der Waals surface area contributed by atoms with Gasteiger partial charge in [-0.2, -0.15) is 0 Å². The molecule has 0 atom stereocenters. The van der Waals surface area contributed by atoms with Crippen molar-refractivity contribution in [2.75, 3.05) is 19.4 Å². The SMILES string of the molecule is Cc1c(C(=O)N2CCOc3ccc(Cc4ccc(C(N)=O)nc4)cc3C2)ccc(S(C)(=O)=O)c1F. The fourth-order valence-electron chi connectivity index (χ4n) is 3.99. The molecular formula is C25H24FN3O5S. The minimum absolute atomic E-state index is 0.0102. The lowest BCUT2D eigenvalue weighted by atomic mass is 10.0. The number of carbonyl (C=O) groups excluding carboxylic acids is 2. The maximum absolute atomic E-state index is 14.7. The molecule has 2 aromatic carbocycles. The van der Waals surface area contributed by atoms with Crippen LogP contribution in [0.4, 0.5) is 4.39 Å². The Morgan fingerprint density at radius 1 is 1.14 bits per heavy atom. The molecule has 0 radical (unpaired) electrons. The predicted octanol–water partition coefficient (Wildman–Crippen LogP) is 2.66. The molecule has 0 aliphatic carbocycles. The van der Waals surface area contributed by atoms with Crippen LogP contribution in [0.5, 0.6) is 5.75 Å². The summed E-state index contributed by atoms with van der Waals surface area (Å²) < 4.78 is 44.2. The normalized spacial score (nSPS) is 13.5. The summed E-state index contributed by atoms with van der Waals surface area (Å²) >= 11 is 0. The van der Waals surface area contributed by atoms with Crippen molar-refractivity contribution in [3.8, 4) is 5.75 Å². The van der Waals surface area contributed by atoms with E-state index in [0.717, 1.165) is 29.0 Å². The molecule has 35 heavy (non-hydrogen) atoms. The van der Waals surface area contributed by atoms with Gasteiger partial charge in [0.1, 0.15) is 28.8 Å². The molecule has 4 rings (SSSR count). The summed E-state index contributed by atoms with van der Waals surface area (Å²) in [6.07, 6.45) is 3.06. The lowest BCUT2D eigenvalue weighted by Crippen LogP contribution is -2.33. The fraction of sp³-hybridized carbons (Fsp3) is 0.240. The van der Waals surface area contributed by atoms with Crippen LogP contribution in [0, 0.1) is 12.7 Å². The van der Waals surface area contributed by atoms with Crippen LogP contribution < -0.4 is 10.5 Å². The van der Waals surface area contributed by atoms with Crippen molar-refractivity contribution in [1.29, 1.82) is 0 Å². The van der Waals surface area contributed by atoms with Gasteiger partial charge in [0.25, 0.3) is 11.8 Å². The molecule has 0 bridgehead atoms. The van der Waals surface area contributed by atoms with E-state index >= 15 is 0 Å². The first kappa shape index (κ1) is 24.3. The van der Waals surface area contributed by atoms with Crippen LogP contribution in [0.1, 0.15) is 43.1 Å². The maximum Gasteiger partial charge on any atom is 0.267 e. The lowest BCUT2D eigenvalue weighted by molar-refractivity contribution is 0.0731. The first-order valence-electron chi connectivity index (χ1n) is 10.8. The Morgan fingerprint density at radius 2 is 1.89 bits per heavy atom. The van der Waals surface area contributed by atoms with E-state index in [4.69, 9.17) is 10.5 Å². The van der Waals surface area contributed by atoms with Crippen molar-refractivity contribution >= 4 is 21.7 Å². The predicted molar refractivity (Wildman–Crippen MR) is 126 cm³/mol. The van der Waals surface area contributed by atoms with Crippen LogP contribution in [0.25, 0.3) is 0 Å².